The Labute approximate surface area is 205 Å². The van der Waals surface area contributed by atoms with E-state index in [1.54, 1.807) is 4.90 Å². The fourth-order valence-electron chi connectivity index (χ4n) is 5.09. The lowest BCUT2D eigenvalue weighted by molar-refractivity contribution is -0.141. The van der Waals surface area contributed by atoms with Crippen LogP contribution in [-0.4, -0.2) is 38.3 Å². The lowest BCUT2D eigenvalue weighted by Gasteiger charge is -2.34. The summed E-state index contributed by atoms with van der Waals surface area (Å²) < 4.78 is 2.04. The van der Waals surface area contributed by atoms with Gasteiger partial charge in [0.05, 0.1) is 11.0 Å². The number of hydrogen-bond acceptors (Lipinski definition) is 3. The number of imidazole rings is 1. The molecule has 1 atom stereocenters. The van der Waals surface area contributed by atoms with Crippen LogP contribution in [0.15, 0.2) is 78.9 Å². The van der Waals surface area contributed by atoms with E-state index in [0.717, 1.165) is 40.1 Å². The van der Waals surface area contributed by atoms with Crippen LogP contribution in [0.3, 0.4) is 0 Å². The maximum Gasteiger partial charge on any atom is 0.250 e. The van der Waals surface area contributed by atoms with Crippen molar-refractivity contribution in [2.24, 2.45) is 7.05 Å². The van der Waals surface area contributed by atoms with Crippen molar-refractivity contribution >= 4 is 28.5 Å². The van der Waals surface area contributed by atoms with Gasteiger partial charge < -0.3 is 14.8 Å². The number of likely N-dealkylation sites (tertiary alicyclic amines) is 1. The molecule has 2 heterocycles. The van der Waals surface area contributed by atoms with Crippen molar-refractivity contribution in [1.29, 1.82) is 0 Å². The summed E-state index contributed by atoms with van der Waals surface area (Å²) in [5.41, 5.74) is 3.85. The van der Waals surface area contributed by atoms with Gasteiger partial charge in [0, 0.05) is 37.7 Å². The van der Waals surface area contributed by atoms with Gasteiger partial charge in [0.2, 0.25) is 11.8 Å². The van der Waals surface area contributed by atoms with E-state index in [-0.39, 0.29) is 11.8 Å². The van der Waals surface area contributed by atoms with Gasteiger partial charge in [0.1, 0.15) is 11.4 Å². The van der Waals surface area contributed by atoms with Crippen LogP contribution >= 0.6 is 0 Å². The Bertz CT molecular complexity index is 1380. The Morgan fingerprint density at radius 2 is 1.69 bits per heavy atom. The Hall–Kier alpha value is -3.93. The molecular formula is C29H30N4O2. The summed E-state index contributed by atoms with van der Waals surface area (Å²) in [5.74, 6) is 0.722. The Balaban J connectivity index is 1.31. The number of rotatable bonds is 6. The number of carbonyl (C=O) groups is 2. The van der Waals surface area contributed by atoms with E-state index in [0.29, 0.717) is 25.8 Å². The van der Waals surface area contributed by atoms with Crippen LogP contribution in [0.2, 0.25) is 0 Å². The molecule has 6 heteroatoms. The number of nitrogens with one attached hydrogen (secondary N) is 1. The second-order valence-corrected chi connectivity index (χ2v) is 9.36. The highest BCUT2D eigenvalue weighted by atomic mass is 16.2. The standard InChI is InChI=1S/C29H30N4O2/c1-29(28(35)31-23-14-7-6-13-22(23)21-11-4-3-5-12-21)19-10-20-33(29)27(34)18-17-26-30-24-15-8-9-16-25(24)32(26)2/h3-9,11-16H,10,17-20H2,1-2H3,(H,31,35)/t29-/m0/s1. The van der Waals surface area contributed by atoms with Gasteiger partial charge in [-0.15, -0.1) is 0 Å². The summed E-state index contributed by atoms with van der Waals surface area (Å²) >= 11 is 0. The van der Waals surface area contributed by atoms with Crippen molar-refractivity contribution < 1.29 is 9.59 Å². The monoisotopic (exact) mass is 466 g/mol. The summed E-state index contributed by atoms with van der Waals surface area (Å²) in [5, 5.41) is 3.13. The summed E-state index contributed by atoms with van der Waals surface area (Å²) in [7, 11) is 1.98. The first-order valence-electron chi connectivity index (χ1n) is 12.1. The number of aromatic nitrogens is 2. The molecule has 5 rings (SSSR count). The topological polar surface area (TPSA) is 67.2 Å². The lowest BCUT2D eigenvalue weighted by atomic mass is 9.96. The second kappa shape index (κ2) is 9.37. The molecule has 0 bridgehead atoms. The summed E-state index contributed by atoms with van der Waals surface area (Å²) in [6, 6.07) is 25.8. The highest BCUT2D eigenvalue weighted by Crippen LogP contribution is 2.33. The minimum absolute atomic E-state index is 0.0106. The molecule has 1 aromatic heterocycles. The molecule has 0 saturated carbocycles. The average molecular weight is 467 g/mol. The predicted octanol–water partition coefficient (Wildman–Crippen LogP) is 5.19. The zero-order valence-corrected chi connectivity index (χ0v) is 20.2. The Morgan fingerprint density at radius 3 is 2.49 bits per heavy atom. The van der Waals surface area contributed by atoms with E-state index in [1.807, 2.05) is 97.4 Å². The first-order valence-corrected chi connectivity index (χ1v) is 12.1. The van der Waals surface area contributed by atoms with Gasteiger partial charge in [-0.25, -0.2) is 4.98 Å². The molecule has 1 aliphatic heterocycles. The molecule has 4 aromatic rings. The Kier molecular flexibility index (Phi) is 6.12. The molecule has 0 aliphatic carbocycles. The lowest BCUT2D eigenvalue weighted by Crippen LogP contribution is -2.53. The van der Waals surface area contributed by atoms with Crippen LogP contribution in [0.5, 0.6) is 0 Å². The minimum atomic E-state index is -0.882. The van der Waals surface area contributed by atoms with E-state index < -0.39 is 5.54 Å². The number of amides is 2. The quantitative estimate of drug-likeness (QED) is 0.425. The molecule has 1 N–H and O–H groups in total. The summed E-state index contributed by atoms with van der Waals surface area (Å²) in [6.45, 7) is 2.47. The van der Waals surface area contributed by atoms with Crippen LogP contribution in [0.4, 0.5) is 5.69 Å². The van der Waals surface area contributed by atoms with Crippen LogP contribution in [0.25, 0.3) is 22.2 Å². The fraction of sp³-hybridized carbons (Fsp3) is 0.276. The zero-order valence-electron chi connectivity index (χ0n) is 20.2. The number of nitrogens with zero attached hydrogens (tertiary/aromatic N) is 3. The van der Waals surface area contributed by atoms with Gasteiger partial charge in [0.25, 0.3) is 0 Å². The second-order valence-electron chi connectivity index (χ2n) is 9.36. The molecule has 1 saturated heterocycles. The maximum absolute atomic E-state index is 13.6. The molecule has 1 aliphatic rings. The largest absolute Gasteiger partial charge is 0.331 e. The molecule has 3 aromatic carbocycles. The molecule has 178 valence electrons. The number of benzene rings is 3. The third-order valence-electron chi connectivity index (χ3n) is 7.13. The Morgan fingerprint density at radius 1 is 0.971 bits per heavy atom. The summed E-state index contributed by atoms with van der Waals surface area (Å²) in [4.78, 5) is 33.3. The van der Waals surface area contributed by atoms with Crippen LogP contribution < -0.4 is 5.32 Å². The van der Waals surface area contributed by atoms with Gasteiger partial charge in [-0.1, -0.05) is 60.7 Å². The number of aryl methyl sites for hydroxylation is 2. The van der Waals surface area contributed by atoms with E-state index in [1.165, 1.54) is 0 Å². The van der Waals surface area contributed by atoms with Crippen molar-refractivity contribution in [2.45, 2.75) is 38.1 Å². The highest BCUT2D eigenvalue weighted by Gasteiger charge is 2.45. The summed E-state index contributed by atoms with van der Waals surface area (Å²) in [6.07, 6.45) is 2.31. The van der Waals surface area contributed by atoms with Crippen molar-refractivity contribution in [1.82, 2.24) is 14.5 Å². The third-order valence-corrected chi connectivity index (χ3v) is 7.13. The first-order chi connectivity index (χ1) is 17.0. The number of carbonyl (C=O) groups excluding carboxylic acids is 2. The van der Waals surface area contributed by atoms with E-state index in [2.05, 4.69) is 10.3 Å². The number of para-hydroxylation sites is 3. The number of fused-ring (bicyclic) bond motifs is 1. The SMILES string of the molecule is Cn1c(CCC(=O)N2CCC[C@@]2(C)C(=O)Nc2ccccc2-c2ccccc2)nc2ccccc21. The van der Waals surface area contributed by atoms with E-state index in [9.17, 15) is 9.59 Å². The van der Waals surface area contributed by atoms with Gasteiger partial charge in [-0.05, 0) is 43.5 Å². The minimum Gasteiger partial charge on any atom is -0.331 e. The van der Waals surface area contributed by atoms with Crippen LogP contribution in [0.1, 0.15) is 32.0 Å². The van der Waals surface area contributed by atoms with Gasteiger partial charge in [-0.2, -0.15) is 0 Å². The first kappa shape index (κ1) is 22.8. The molecule has 6 nitrogen and oxygen atoms in total. The predicted molar refractivity (Wildman–Crippen MR) is 139 cm³/mol. The van der Waals surface area contributed by atoms with Gasteiger partial charge >= 0.3 is 0 Å². The molecule has 0 unspecified atom stereocenters. The highest BCUT2D eigenvalue weighted by molar-refractivity contribution is 6.03. The van der Waals surface area contributed by atoms with Gasteiger partial charge in [-0.3, -0.25) is 9.59 Å². The number of anilines is 1. The van der Waals surface area contributed by atoms with E-state index >= 15 is 0 Å². The van der Waals surface area contributed by atoms with Crippen LogP contribution in [-0.2, 0) is 23.1 Å². The third kappa shape index (κ3) is 4.32. The number of hydrogen-bond donors (Lipinski definition) is 1. The van der Waals surface area contributed by atoms with E-state index in [4.69, 9.17) is 0 Å². The smallest absolute Gasteiger partial charge is 0.250 e. The van der Waals surface area contributed by atoms with Crippen molar-refractivity contribution in [2.75, 3.05) is 11.9 Å². The molecule has 35 heavy (non-hydrogen) atoms. The fourth-order valence-corrected chi connectivity index (χ4v) is 5.09. The average Bonchev–Trinajstić information content (AvgIpc) is 3.44. The van der Waals surface area contributed by atoms with Gasteiger partial charge in [0.15, 0.2) is 0 Å². The molecule has 0 spiro atoms. The van der Waals surface area contributed by atoms with Crippen molar-refractivity contribution in [3.05, 3.63) is 84.7 Å². The normalized spacial score (nSPS) is 17.6. The molecule has 2 amide bonds. The molecule has 1 fully saturated rings. The molecular weight excluding hydrogens is 436 g/mol. The van der Waals surface area contributed by atoms with Crippen molar-refractivity contribution in [3.63, 3.8) is 0 Å². The zero-order chi connectivity index (χ0) is 24.4. The van der Waals surface area contributed by atoms with Crippen LogP contribution in [0, 0.1) is 0 Å². The van der Waals surface area contributed by atoms with Crippen molar-refractivity contribution in [3.8, 4) is 11.1 Å². The maximum atomic E-state index is 13.6. The molecule has 0 radical (unpaired) electrons.